The highest BCUT2D eigenvalue weighted by molar-refractivity contribution is 6.03. The fourth-order valence-electron chi connectivity index (χ4n) is 1.79. The molecule has 2 aromatic rings. The topological polar surface area (TPSA) is 60.5 Å². The predicted molar refractivity (Wildman–Crippen MR) is 73.9 cm³/mol. The molecule has 0 unspecified atom stereocenters. The van der Waals surface area contributed by atoms with Gasteiger partial charge in [-0.1, -0.05) is 6.07 Å². The molecule has 1 aliphatic rings. The van der Waals surface area contributed by atoms with Gasteiger partial charge >= 0.3 is 0 Å². The van der Waals surface area contributed by atoms with Crippen molar-refractivity contribution in [3.8, 4) is 11.5 Å². The molecule has 0 saturated carbocycles. The molecule has 1 aliphatic heterocycles. The number of benzene rings is 1. The number of carbonyl (C=O) groups is 1. The van der Waals surface area contributed by atoms with Crippen molar-refractivity contribution in [3.05, 3.63) is 60.6 Å². The van der Waals surface area contributed by atoms with Crippen LogP contribution in [-0.4, -0.2) is 17.6 Å². The molecule has 0 atom stereocenters. The maximum absolute atomic E-state index is 11.8. The molecule has 0 spiro atoms. The van der Waals surface area contributed by atoms with Gasteiger partial charge < -0.3 is 14.8 Å². The molecule has 1 aromatic heterocycles. The SMILES string of the molecule is O=C(C=CNc1ccc2c(c1)OCO2)c1ccccn1. The Balaban J connectivity index is 1.65. The first-order valence-electron chi connectivity index (χ1n) is 6.11. The van der Waals surface area contributed by atoms with Crippen LogP contribution in [0.4, 0.5) is 5.69 Å². The van der Waals surface area contributed by atoms with Crippen LogP contribution in [0.15, 0.2) is 54.9 Å². The second-order valence-corrected chi connectivity index (χ2v) is 4.12. The van der Waals surface area contributed by atoms with E-state index in [4.69, 9.17) is 9.47 Å². The van der Waals surface area contributed by atoms with Gasteiger partial charge in [0, 0.05) is 30.2 Å². The summed E-state index contributed by atoms with van der Waals surface area (Å²) in [5, 5.41) is 3.01. The molecular formula is C15H12N2O3. The maximum Gasteiger partial charge on any atom is 0.231 e. The van der Waals surface area contributed by atoms with E-state index in [2.05, 4.69) is 10.3 Å². The van der Waals surface area contributed by atoms with Crippen LogP contribution in [0.2, 0.25) is 0 Å². The summed E-state index contributed by atoms with van der Waals surface area (Å²) in [5.41, 5.74) is 1.23. The minimum atomic E-state index is -0.154. The summed E-state index contributed by atoms with van der Waals surface area (Å²) in [4.78, 5) is 15.8. The molecule has 5 heteroatoms. The minimum absolute atomic E-state index is 0.154. The summed E-state index contributed by atoms with van der Waals surface area (Å²) in [5.74, 6) is 1.27. The van der Waals surface area contributed by atoms with Gasteiger partial charge in [-0.2, -0.15) is 0 Å². The van der Waals surface area contributed by atoms with E-state index in [0.29, 0.717) is 11.4 Å². The third-order valence-corrected chi connectivity index (χ3v) is 2.77. The van der Waals surface area contributed by atoms with E-state index >= 15 is 0 Å². The van der Waals surface area contributed by atoms with Crippen molar-refractivity contribution in [2.24, 2.45) is 0 Å². The number of fused-ring (bicyclic) bond motifs is 1. The Morgan fingerprint density at radius 3 is 2.95 bits per heavy atom. The number of anilines is 1. The van der Waals surface area contributed by atoms with Gasteiger partial charge in [-0.3, -0.25) is 9.78 Å². The molecule has 5 nitrogen and oxygen atoms in total. The van der Waals surface area contributed by atoms with Crippen LogP contribution in [0.5, 0.6) is 11.5 Å². The van der Waals surface area contributed by atoms with Gasteiger partial charge in [0.15, 0.2) is 11.5 Å². The van der Waals surface area contributed by atoms with Crippen LogP contribution in [0, 0.1) is 0 Å². The smallest absolute Gasteiger partial charge is 0.231 e. The summed E-state index contributed by atoms with van der Waals surface area (Å²) in [6.45, 7) is 0.243. The Morgan fingerprint density at radius 2 is 2.10 bits per heavy atom. The molecule has 0 saturated heterocycles. The highest BCUT2D eigenvalue weighted by atomic mass is 16.7. The Kier molecular flexibility index (Phi) is 3.33. The van der Waals surface area contributed by atoms with Gasteiger partial charge in [0.05, 0.1) is 0 Å². The number of allylic oxidation sites excluding steroid dienone is 1. The molecule has 0 fully saturated rings. The van der Waals surface area contributed by atoms with E-state index < -0.39 is 0 Å². The van der Waals surface area contributed by atoms with Gasteiger partial charge in [0.2, 0.25) is 12.6 Å². The summed E-state index contributed by atoms with van der Waals surface area (Å²) in [7, 11) is 0. The van der Waals surface area contributed by atoms with Crippen molar-refractivity contribution in [2.45, 2.75) is 0 Å². The molecular weight excluding hydrogens is 256 g/mol. The monoisotopic (exact) mass is 268 g/mol. The average molecular weight is 268 g/mol. The van der Waals surface area contributed by atoms with E-state index in [9.17, 15) is 4.79 Å². The number of ketones is 1. The lowest BCUT2D eigenvalue weighted by molar-refractivity contribution is 0.104. The number of carbonyl (C=O) groups excluding carboxylic acids is 1. The average Bonchev–Trinajstić information content (AvgIpc) is 2.95. The predicted octanol–water partition coefficient (Wildman–Crippen LogP) is 2.62. The number of ether oxygens (including phenoxy) is 2. The molecule has 1 aromatic carbocycles. The number of pyridine rings is 1. The molecule has 2 heterocycles. The number of hydrogen-bond acceptors (Lipinski definition) is 5. The van der Waals surface area contributed by atoms with Crippen LogP contribution in [0.25, 0.3) is 0 Å². The first-order valence-corrected chi connectivity index (χ1v) is 6.11. The first-order chi connectivity index (χ1) is 9.83. The van der Waals surface area contributed by atoms with E-state index in [-0.39, 0.29) is 12.6 Å². The van der Waals surface area contributed by atoms with Crippen molar-refractivity contribution in [1.82, 2.24) is 4.98 Å². The lowest BCUT2D eigenvalue weighted by atomic mass is 10.2. The summed E-state index contributed by atoms with van der Waals surface area (Å²) in [6, 6.07) is 10.7. The van der Waals surface area contributed by atoms with Crippen molar-refractivity contribution in [3.63, 3.8) is 0 Å². The maximum atomic E-state index is 11.8. The Bertz CT molecular complexity index is 653. The molecule has 20 heavy (non-hydrogen) atoms. The van der Waals surface area contributed by atoms with Gasteiger partial charge in [-0.05, 0) is 24.3 Å². The molecule has 3 rings (SSSR count). The second kappa shape index (κ2) is 5.44. The molecule has 0 aliphatic carbocycles. The number of nitrogens with one attached hydrogen (secondary N) is 1. The van der Waals surface area contributed by atoms with Gasteiger partial charge in [-0.15, -0.1) is 0 Å². The Hall–Kier alpha value is -2.82. The van der Waals surface area contributed by atoms with Crippen molar-refractivity contribution >= 4 is 11.5 Å². The Morgan fingerprint density at radius 1 is 1.20 bits per heavy atom. The molecule has 1 N–H and O–H groups in total. The summed E-state index contributed by atoms with van der Waals surface area (Å²) < 4.78 is 10.5. The summed E-state index contributed by atoms with van der Waals surface area (Å²) in [6.07, 6.45) is 4.60. The minimum Gasteiger partial charge on any atom is -0.454 e. The van der Waals surface area contributed by atoms with Crippen molar-refractivity contribution in [2.75, 3.05) is 12.1 Å². The highest BCUT2D eigenvalue weighted by Gasteiger charge is 2.12. The third-order valence-electron chi connectivity index (χ3n) is 2.77. The lowest BCUT2D eigenvalue weighted by Crippen LogP contribution is -1.98. The quantitative estimate of drug-likeness (QED) is 0.682. The molecule has 0 radical (unpaired) electrons. The molecule has 0 bridgehead atoms. The van der Waals surface area contributed by atoms with Crippen LogP contribution in [-0.2, 0) is 0 Å². The van der Waals surface area contributed by atoms with E-state index in [1.807, 2.05) is 18.2 Å². The molecule has 0 amide bonds. The zero-order chi connectivity index (χ0) is 13.8. The van der Waals surface area contributed by atoms with Gasteiger partial charge in [0.1, 0.15) is 5.69 Å². The normalized spacial score (nSPS) is 12.6. The zero-order valence-electron chi connectivity index (χ0n) is 10.6. The van der Waals surface area contributed by atoms with Crippen LogP contribution >= 0.6 is 0 Å². The number of aromatic nitrogens is 1. The first kappa shape index (κ1) is 12.2. The van der Waals surface area contributed by atoms with Crippen molar-refractivity contribution < 1.29 is 14.3 Å². The lowest BCUT2D eigenvalue weighted by Gasteiger charge is -2.02. The number of rotatable bonds is 4. The number of nitrogens with zero attached hydrogens (tertiary/aromatic N) is 1. The zero-order valence-corrected chi connectivity index (χ0v) is 10.6. The van der Waals surface area contributed by atoms with Crippen LogP contribution in [0.3, 0.4) is 0 Å². The largest absolute Gasteiger partial charge is 0.454 e. The van der Waals surface area contributed by atoms with Crippen LogP contribution in [0.1, 0.15) is 10.5 Å². The fourth-order valence-corrected chi connectivity index (χ4v) is 1.79. The van der Waals surface area contributed by atoms with Crippen molar-refractivity contribution in [1.29, 1.82) is 0 Å². The number of hydrogen-bond donors (Lipinski definition) is 1. The summed E-state index contributed by atoms with van der Waals surface area (Å²) >= 11 is 0. The van der Waals surface area contributed by atoms with Crippen LogP contribution < -0.4 is 14.8 Å². The van der Waals surface area contributed by atoms with E-state index in [1.54, 1.807) is 30.6 Å². The van der Waals surface area contributed by atoms with E-state index in [0.717, 1.165) is 11.4 Å². The second-order valence-electron chi connectivity index (χ2n) is 4.12. The van der Waals surface area contributed by atoms with Gasteiger partial charge in [0.25, 0.3) is 0 Å². The standard InChI is InChI=1S/C15H12N2O3/c18-13(12-3-1-2-7-17-12)6-8-16-11-4-5-14-15(9-11)20-10-19-14/h1-9,16H,10H2. The molecule has 100 valence electrons. The fraction of sp³-hybridized carbons (Fsp3) is 0.0667. The highest BCUT2D eigenvalue weighted by Crippen LogP contribution is 2.34. The Labute approximate surface area is 115 Å². The third kappa shape index (κ3) is 2.61. The van der Waals surface area contributed by atoms with E-state index in [1.165, 1.54) is 6.08 Å². The van der Waals surface area contributed by atoms with Gasteiger partial charge in [-0.25, -0.2) is 0 Å².